The Labute approximate surface area is 113 Å². The predicted octanol–water partition coefficient (Wildman–Crippen LogP) is 1.92. The van der Waals surface area contributed by atoms with Crippen molar-refractivity contribution in [3.63, 3.8) is 0 Å². The number of hydrogen-bond donors (Lipinski definition) is 1. The molecule has 0 fully saturated rings. The van der Waals surface area contributed by atoms with Crippen LogP contribution in [0.1, 0.15) is 25.8 Å². The van der Waals surface area contributed by atoms with E-state index in [1.807, 2.05) is 0 Å². The van der Waals surface area contributed by atoms with Crippen LogP contribution >= 0.6 is 0 Å². The average Bonchev–Trinajstić information content (AvgIpc) is 2.32. The van der Waals surface area contributed by atoms with Crippen LogP contribution < -0.4 is 0 Å². The first kappa shape index (κ1) is 16.1. The SMILES string of the molecule is Cc1ccc(F)cc1S(=O)(=O)N(CCCO)C(C)C. The Morgan fingerprint density at radius 3 is 2.53 bits per heavy atom. The van der Waals surface area contributed by atoms with Crippen molar-refractivity contribution < 1.29 is 17.9 Å². The van der Waals surface area contributed by atoms with E-state index in [4.69, 9.17) is 5.11 Å². The highest BCUT2D eigenvalue weighted by atomic mass is 32.2. The standard InChI is InChI=1S/C13H20FNO3S/c1-10(2)15(7-4-8-16)19(17,18)13-9-12(14)6-5-11(13)3/h5-6,9-10,16H,4,7-8H2,1-3H3. The van der Waals surface area contributed by atoms with Crippen LogP contribution in [-0.4, -0.2) is 37.0 Å². The fraction of sp³-hybridized carbons (Fsp3) is 0.538. The molecule has 19 heavy (non-hydrogen) atoms. The van der Waals surface area contributed by atoms with Crippen molar-refractivity contribution in [2.75, 3.05) is 13.2 Å². The molecule has 4 nitrogen and oxygen atoms in total. The number of hydrogen-bond acceptors (Lipinski definition) is 3. The fourth-order valence-electron chi connectivity index (χ4n) is 1.86. The van der Waals surface area contributed by atoms with Crippen molar-refractivity contribution in [3.8, 4) is 0 Å². The molecule has 1 aromatic carbocycles. The molecular weight excluding hydrogens is 269 g/mol. The Kier molecular flexibility index (Phi) is 5.46. The zero-order valence-corrected chi connectivity index (χ0v) is 12.2. The van der Waals surface area contributed by atoms with Gasteiger partial charge in [0.05, 0.1) is 4.90 Å². The van der Waals surface area contributed by atoms with E-state index < -0.39 is 15.8 Å². The van der Waals surface area contributed by atoms with E-state index in [0.29, 0.717) is 12.0 Å². The van der Waals surface area contributed by atoms with Crippen LogP contribution in [0.3, 0.4) is 0 Å². The monoisotopic (exact) mass is 289 g/mol. The molecule has 0 aliphatic carbocycles. The van der Waals surface area contributed by atoms with Crippen molar-refractivity contribution in [1.82, 2.24) is 4.31 Å². The normalized spacial score (nSPS) is 12.4. The molecule has 0 heterocycles. The van der Waals surface area contributed by atoms with Gasteiger partial charge in [-0.3, -0.25) is 0 Å². The Morgan fingerprint density at radius 2 is 2.00 bits per heavy atom. The molecule has 0 aromatic heterocycles. The summed E-state index contributed by atoms with van der Waals surface area (Å²) in [4.78, 5) is -0.0147. The molecule has 0 radical (unpaired) electrons. The maximum absolute atomic E-state index is 13.3. The van der Waals surface area contributed by atoms with Gasteiger partial charge in [-0.15, -0.1) is 0 Å². The van der Waals surface area contributed by atoms with Crippen LogP contribution in [0, 0.1) is 12.7 Å². The molecule has 0 aliphatic heterocycles. The molecule has 1 N–H and O–H groups in total. The topological polar surface area (TPSA) is 57.6 Å². The minimum atomic E-state index is -3.74. The third kappa shape index (κ3) is 3.75. The summed E-state index contributed by atoms with van der Waals surface area (Å²) in [7, 11) is -3.74. The van der Waals surface area contributed by atoms with Crippen LogP contribution in [0.25, 0.3) is 0 Å². The van der Waals surface area contributed by atoms with Crippen LogP contribution in [-0.2, 0) is 10.0 Å². The van der Waals surface area contributed by atoms with Gasteiger partial charge in [0.25, 0.3) is 0 Å². The van der Waals surface area contributed by atoms with Gasteiger partial charge in [-0.25, -0.2) is 12.8 Å². The molecule has 0 aliphatic rings. The van der Waals surface area contributed by atoms with Gasteiger partial charge in [0, 0.05) is 19.2 Å². The Bertz CT molecular complexity index is 529. The highest BCUT2D eigenvalue weighted by molar-refractivity contribution is 7.89. The van der Waals surface area contributed by atoms with Crippen molar-refractivity contribution in [3.05, 3.63) is 29.6 Å². The highest BCUT2D eigenvalue weighted by Crippen LogP contribution is 2.22. The van der Waals surface area contributed by atoms with Crippen LogP contribution in [0.4, 0.5) is 4.39 Å². The van der Waals surface area contributed by atoms with Gasteiger partial charge in [-0.05, 0) is 44.9 Å². The van der Waals surface area contributed by atoms with Gasteiger partial charge in [0.1, 0.15) is 5.82 Å². The molecule has 1 aromatic rings. The van der Waals surface area contributed by atoms with Crippen molar-refractivity contribution in [2.24, 2.45) is 0 Å². The average molecular weight is 289 g/mol. The summed E-state index contributed by atoms with van der Waals surface area (Å²) in [5.41, 5.74) is 0.510. The smallest absolute Gasteiger partial charge is 0.243 e. The molecule has 108 valence electrons. The van der Waals surface area contributed by atoms with Gasteiger partial charge in [-0.2, -0.15) is 4.31 Å². The molecule has 6 heteroatoms. The zero-order valence-electron chi connectivity index (χ0n) is 11.4. The van der Waals surface area contributed by atoms with Gasteiger partial charge >= 0.3 is 0 Å². The molecule has 0 spiro atoms. The minimum Gasteiger partial charge on any atom is -0.396 e. The van der Waals surface area contributed by atoms with E-state index in [1.165, 1.54) is 16.4 Å². The molecule has 0 amide bonds. The van der Waals surface area contributed by atoms with Gasteiger partial charge in [-0.1, -0.05) is 6.07 Å². The Hall–Kier alpha value is -0.980. The Morgan fingerprint density at radius 1 is 1.37 bits per heavy atom. The second-order valence-electron chi connectivity index (χ2n) is 4.70. The van der Waals surface area contributed by atoms with E-state index in [1.54, 1.807) is 20.8 Å². The van der Waals surface area contributed by atoms with Gasteiger partial charge < -0.3 is 5.11 Å². The van der Waals surface area contributed by atoms with Crippen LogP contribution in [0.5, 0.6) is 0 Å². The quantitative estimate of drug-likeness (QED) is 0.870. The molecular formula is C13H20FNO3S. The molecule has 0 saturated heterocycles. The minimum absolute atomic E-state index is 0.0147. The first-order valence-electron chi connectivity index (χ1n) is 6.19. The summed E-state index contributed by atoms with van der Waals surface area (Å²) >= 11 is 0. The molecule has 0 unspecified atom stereocenters. The highest BCUT2D eigenvalue weighted by Gasteiger charge is 2.28. The van der Waals surface area contributed by atoms with Gasteiger partial charge in [0.15, 0.2) is 0 Å². The third-order valence-corrected chi connectivity index (χ3v) is 5.07. The number of rotatable bonds is 6. The third-order valence-electron chi connectivity index (χ3n) is 2.85. The maximum atomic E-state index is 13.3. The lowest BCUT2D eigenvalue weighted by molar-refractivity contribution is 0.258. The molecule has 0 bridgehead atoms. The predicted molar refractivity (Wildman–Crippen MR) is 71.9 cm³/mol. The van der Waals surface area contributed by atoms with Crippen LogP contribution in [0.15, 0.2) is 23.1 Å². The fourth-order valence-corrected chi connectivity index (χ4v) is 3.77. The first-order valence-corrected chi connectivity index (χ1v) is 7.63. The summed E-state index contributed by atoms with van der Waals surface area (Å²) in [6.45, 7) is 5.28. The van der Waals surface area contributed by atoms with Crippen molar-refractivity contribution >= 4 is 10.0 Å². The number of halogens is 1. The lowest BCUT2D eigenvalue weighted by Crippen LogP contribution is -2.38. The maximum Gasteiger partial charge on any atom is 0.243 e. The van der Waals surface area contributed by atoms with E-state index in [9.17, 15) is 12.8 Å². The van der Waals surface area contributed by atoms with Crippen LogP contribution in [0.2, 0.25) is 0 Å². The van der Waals surface area contributed by atoms with E-state index in [2.05, 4.69) is 0 Å². The summed E-state index contributed by atoms with van der Waals surface area (Å²) in [5, 5.41) is 8.85. The second kappa shape index (κ2) is 6.45. The molecule has 0 saturated carbocycles. The lowest BCUT2D eigenvalue weighted by Gasteiger charge is -2.26. The number of aryl methyl sites for hydroxylation is 1. The zero-order chi connectivity index (χ0) is 14.6. The Balaban J connectivity index is 3.22. The number of nitrogens with zero attached hydrogens (tertiary/aromatic N) is 1. The number of sulfonamides is 1. The molecule has 1 rings (SSSR count). The van der Waals surface area contributed by atoms with Crippen molar-refractivity contribution in [2.45, 2.75) is 38.1 Å². The van der Waals surface area contributed by atoms with Gasteiger partial charge in [0.2, 0.25) is 10.0 Å². The summed E-state index contributed by atoms with van der Waals surface area (Å²) in [6, 6.07) is 3.48. The lowest BCUT2D eigenvalue weighted by atomic mass is 10.2. The molecule has 0 atom stereocenters. The number of aliphatic hydroxyl groups excluding tert-OH is 1. The largest absolute Gasteiger partial charge is 0.396 e. The first-order chi connectivity index (χ1) is 8.80. The summed E-state index contributed by atoms with van der Waals surface area (Å²) < 4.78 is 39.6. The van der Waals surface area contributed by atoms with E-state index in [-0.39, 0.29) is 24.1 Å². The van der Waals surface area contributed by atoms with Crippen molar-refractivity contribution in [1.29, 1.82) is 0 Å². The summed E-state index contributed by atoms with van der Waals surface area (Å²) in [6.07, 6.45) is 0.353. The second-order valence-corrected chi connectivity index (χ2v) is 6.56. The van der Waals surface area contributed by atoms with E-state index >= 15 is 0 Å². The van der Waals surface area contributed by atoms with E-state index in [0.717, 1.165) is 6.07 Å². The summed E-state index contributed by atoms with van der Waals surface area (Å²) in [5.74, 6) is -0.574. The number of aliphatic hydroxyl groups is 1. The number of benzene rings is 1.